The highest BCUT2D eigenvalue weighted by atomic mass is 19.1. The molecule has 1 nitrogen and oxygen atoms in total. The molecule has 1 heterocycles. The molecule has 4 rings (SSSR count). The summed E-state index contributed by atoms with van der Waals surface area (Å²) < 4.78 is 15.2. The minimum atomic E-state index is -0.603. The summed E-state index contributed by atoms with van der Waals surface area (Å²) in [5.74, 6) is -0.147. The normalized spacial score (nSPS) is 15.7. The lowest BCUT2D eigenvalue weighted by atomic mass is 9.74. The lowest BCUT2D eigenvalue weighted by Gasteiger charge is -2.47. The maximum atomic E-state index is 15.2. The quantitative estimate of drug-likeness (QED) is 0.556. The van der Waals surface area contributed by atoms with E-state index in [2.05, 4.69) is 53.4 Å². The van der Waals surface area contributed by atoms with E-state index in [9.17, 15) is 0 Å². The summed E-state index contributed by atoms with van der Waals surface area (Å²) in [6.07, 6.45) is 3.54. The van der Waals surface area contributed by atoms with Crippen LogP contribution >= 0.6 is 0 Å². The number of piperidine rings is 1. The van der Waals surface area contributed by atoms with Gasteiger partial charge in [-0.2, -0.15) is 0 Å². The number of halogens is 1. The van der Waals surface area contributed by atoms with Gasteiger partial charge in [-0.15, -0.1) is 0 Å². The minimum Gasteiger partial charge on any atom is -0.286 e. The van der Waals surface area contributed by atoms with Crippen molar-refractivity contribution < 1.29 is 4.39 Å². The average Bonchev–Trinajstić information content (AvgIpc) is 2.72. The first-order valence-electron chi connectivity index (χ1n) is 9.44. The molecule has 0 N–H and O–H groups in total. The molecule has 1 aliphatic heterocycles. The van der Waals surface area contributed by atoms with Crippen LogP contribution in [-0.2, 0) is 5.54 Å². The fourth-order valence-corrected chi connectivity index (χ4v) is 4.36. The maximum absolute atomic E-state index is 15.2. The lowest BCUT2D eigenvalue weighted by molar-refractivity contribution is 0.124. The Bertz CT molecular complexity index is 799. The van der Waals surface area contributed by atoms with Gasteiger partial charge in [0.1, 0.15) is 11.4 Å². The topological polar surface area (TPSA) is 3.24 Å². The second-order valence-corrected chi connectivity index (χ2v) is 6.97. The minimum absolute atomic E-state index is 0.147. The summed E-state index contributed by atoms with van der Waals surface area (Å²) in [7, 11) is 0. The number of likely N-dealkylation sites (tertiary alicyclic amines) is 1. The zero-order valence-corrected chi connectivity index (χ0v) is 14.9. The van der Waals surface area contributed by atoms with E-state index in [1.807, 2.05) is 24.3 Å². The smallest absolute Gasteiger partial charge is 0.128 e. The monoisotopic (exact) mass is 345 g/mol. The highest BCUT2D eigenvalue weighted by Gasteiger charge is 2.43. The molecule has 0 aromatic heterocycles. The van der Waals surface area contributed by atoms with Gasteiger partial charge in [0.2, 0.25) is 0 Å². The largest absolute Gasteiger partial charge is 0.286 e. The van der Waals surface area contributed by atoms with E-state index in [1.54, 1.807) is 12.1 Å². The second-order valence-electron chi connectivity index (χ2n) is 6.97. The van der Waals surface area contributed by atoms with E-state index >= 15 is 4.39 Å². The summed E-state index contributed by atoms with van der Waals surface area (Å²) in [5, 5.41) is 0. The molecular formula is C24H24FN. The molecule has 0 spiro atoms. The number of benzene rings is 3. The Morgan fingerprint density at radius 1 is 0.615 bits per heavy atom. The number of hydrogen-bond acceptors (Lipinski definition) is 1. The maximum Gasteiger partial charge on any atom is 0.128 e. The Morgan fingerprint density at radius 3 is 1.65 bits per heavy atom. The van der Waals surface area contributed by atoms with Crippen molar-refractivity contribution >= 4 is 0 Å². The van der Waals surface area contributed by atoms with E-state index in [1.165, 1.54) is 6.42 Å². The summed E-state index contributed by atoms with van der Waals surface area (Å²) in [6, 6.07) is 28.0. The van der Waals surface area contributed by atoms with Crippen LogP contribution in [0.3, 0.4) is 0 Å². The Hall–Kier alpha value is -2.45. The third-order valence-corrected chi connectivity index (χ3v) is 5.48. The third kappa shape index (κ3) is 2.85. The van der Waals surface area contributed by atoms with Crippen molar-refractivity contribution in [2.45, 2.75) is 24.8 Å². The summed E-state index contributed by atoms with van der Waals surface area (Å²) in [6.45, 7) is 1.94. The van der Waals surface area contributed by atoms with Gasteiger partial charge in [0.05, 0.1) is 0 Å². The fraction of sp³-hybridized carbons (Fsp3) is 0.250. The lowest BCUT2D eigenvalue weighted by Crippen LogP contribution is -2.50. The predicted molar refractivity (Wildman–Crippen MR) is 105 cm³/mol. The zero-order chi connectivity index (χ0) is 17.8. The van der Waals surface area contributed by atoms with Crippen molar-refractivity contribution in [3.05, 3.63) is 107 Å². The van der Waals surface area contributed by atoms with Crippen molar-refractivity contribution in [2.24, 2.45) is 0 Å². The molecule has 3 aromatic carbocycles. The fourth-order valence-electron chi connectivity index (χ4n) is 4.36. The Morgan fingerprint density at radius 2 is 1.12 bits per heavy atom. The van der Waals surface area contributed by atoms with Crippen LogP contribution in [0.4, 0.5) is 4.39 Å². The Balaban J connectivity index is 2.05. The van der Waals surface area contributed by atoms with Gasteiger partial charge in [0.15, 0.2) is 0 Å². The molecule has 0 atom stereocenters. The van der Waals surface area contributed by atoms with Gasteiger partial charge in [-0.25, -0.2) is 4.39 Å². The second kappa shape index (κ2) is 7.43. The van der Waals surface area contributed by atoms with Crippen LogP contribution in [0, 0.1) is 5.82 Å². The van der Waals surface area contributed by atoms with E-state index in [4.69, 9.17) is 0 Å². The van der Waals surface area contributed by atoms with Crippen LogP contribution in [0.25, 0.3) is 0 Å². The highest BCUT2D eigenvalue weighted by molar-refractivity contribution is 5.50. The van der Waals surface area contributed by atoms with Gasteiger partial charge in [-0.3, -0.25) is 4.90 Å². The van der Waals surface area contributed by atoms with Crippen molar-refractivity contribution in [3.63, 3.8) is 0 Å². The van der Waals surface area contributed by atoms with Gasteiger partial charge < -0.3 is 0 Å². The predicted octanol–water partition coefficient (Wildman–Crippen LogP) is 5.60. The first-order valence-corrected chi connectivity index (χ1v) is 9.44. The van der Waals surface area contributed by atoms with Crippen molar-refractivity contribution in [2.75, 3.05) is 13.1 Å². The SMILES string of the molecule is Fc1ccccc1C(c1ccccc1)(c1ccccc1)N1CCCCC1. The molecular weight excluding hydrogens is 321 g/mol. The molecule has 1 aliphatic rings. The van der Waals surface area contributed by atoms with Gasteiger partial charge in [-0.1, -0.05) is 85.3 Å². The molecule has 0 bridgehead atoms. The molecule has 0 radical (unpaired) electrons. The molecule has 1 saturated heterocycles. The summed E-state index contributed by atoms with van der Waals surface area (Å²) in [5.41, 5.74) is 2.38. The van der Waals surface area contributed by atoms with Crippen LogP contribution < -0.4 is 0 Å². The van der Waals surface area contributed by atoms with Crippen molar-refractivity contribution in [3.8, 4) is 0 Å². The summed E-state index contributed by atoms with van der Waals surface area (Å²) in [4.78, 5) is 2.47. The average molecular weight is 345 g/mol. The zero-order valence-electron chi connectivity index (χ0n) is 14.9. The van der Waals surface area contributed by atoms with Crippen LogP contribution in [0.5, 0.6) is 0 Å². The standard InChI is InChI=1S/C24H24FN/c25-23-17-9-8-16-22(23)24(20-12-4-1-5-13-20,21-14-6-2-7-15-21)26-18-10-3-11-19-26/h1-2,4-9,12-17H,3,10-11,18-19H2. The van der Waals surface area contributed by atoms with Crippen LogP contribution in [0.15, 0.2) is 84.9 Å². The molecule has 0 saturated carbocycles. The molecule has 1 fully saturated rings. The molecule has 26 heavy (non-hydrogen) atoms. The Labute approximate surface area is 155 Å². The molecule has 0 unspecified atom stereocenters. The van der Waals surface area contributed by atoms with Gasteiger partial charge in [-0.05, 0) is 43.1 Å². The van der Waals surface area contributed by atoms with E-state index in [-0.39, 0.29) is 5.82 Å². The van der Waals surface area contributed by atoms with Crippen LogP contribution in [0.2, 0.25) is 0 Å². The molecule has 0 aliphatic carbocycles. The molecule has 0 amide bonds. The number of rotatable bonds is 4. The molecule has 3 aromatic rings. The van der Waals surface area contributed by atoms with Gasteiger partial charge in [0.25, 0.3) is 0 Å². The first kappa shape index (κ1) is 17.0. The summed E-state index contributed by atoms with van der Waals surface area (Å²) >= 11 is 0. The van der Waals surface area contributed by atoms with E-state index < -0.39 is 5.54 Å². The Kier molecular flexibility index (Phi) is 4.85. The van der Waals surface area contributed by atoms with E-state index in [0.717, 1.165) is 42.6 Å². The van der Waals surface area contributed by atoms with Crippen molar-refractivity contribution in [1.82, 2.24) is 4.90 Å². The van der Waals surface area contributed by atoms with E-state index in [0.29, 0.717) is 0 Å². The first-order chi connectivity index (χ1) is 12.8. The van der Waals surface area contributed by atoms with Gasteiger partial charge >= 0.3 is 0 Å². The van der Waals surface area contributed by atoms with Crippen LogP contribution in [0.1, 0.15) is 36.0 Å². The number of hydrogen-bond donors (Lipinski definition) is 0. The number of nitrogens with zero attached hydrogens (tertiary/aromatic N) is 1. The van der Waals surface area contributed by atoms with Crippen molar-refractivity contribution in [1.29, 1.82) is 0 Å². The molecule has 132 valence electrons. The van der Waals surface area contributed by atoms with Crippen LogP contribution in [-0.4, -0.2) is 18.0 Å². The molecule has 2 heteroatoms. The third-order valence-electron chi connectivity index (χ3n) is 5.48. The van der Waals surface area contributed by atoms with Gasteiger partial charge in [0, 0.05) is 5.56 Å². The highest BCUT2D eigenvalue weighted by Crippen LogP contribution is 2.44.